The lowest BCUT2D eigenvalue weighted by atomic mass is 9.65. The summed E-state index contributed by atoms with van der Waals surface area (Å²) >= 11 is 0. The first-order chi connectivity index (χ1) is 18.4. The van der Waals surface area contributed by atoms with Crippen LogP contribution in [0.5, 0.6) is 5.75 Å². The Morgan fingerprint density at radius 2 is 1.57 bits per heavy atom. The Bertz CT molecular complexity index is 1080. The fourth-order valence-electron chi connectivity index (χ4n) is 7.85. The van der Waals surface area contributed by atoms with Crippen molar-refractivity contribution in [2.24, 2.45) is 11.3 Å². The lowest BCUT2D eigenvalue weighted by Gasteiger charge is -2.47. The molecule has 0 aromatic heterocycles. The molecule has 0 heterocycles. The molecule has 0 amide bonds. The van der Waals surface area contributed by atoms with E-state index in [1.165, 1.54) is 29.5 Å². The van der Waals surface area contributed by atoms with Crippen molar-refractivity contribution >= 4 is 22.7 Å². The number of hydrogen-bond donors (Lipinski definition) is 0. The van der Waals surface area contributed by atoms with Crippen molar-refractivity contribution in [2.45, 2.75) is 142 Å². The average molecular weight is 581 g/mol. The van der Waals surface area contributed by atoms with E-state index in [-0.39, 0.29) is 10.5 Å². The zero-order chi connectivity index (χ0) is 30.3. The molecular formula is C36H60O2Si2. The van der Waals surface area contributed by atoms with E-state index in [1.54, 1.807) is 5.57 Å². The first-order valence-corrected chi connectivity index (χ1v) is 21.0. The summed E-state index contributed by atoms with van der Waals surface area (Å²) in [4.78, 5) is 0. The third-order valence-corrected chi connectivity index (χ3v) is 21.7. The highest BCUT2D eigenvalue weighted by molar-refractivity contribution is 6.78. The van der Waals surface area contributed by atoms with Gasteiger partial charge in [0.2, 0.25) is 0 Å². The standard InChI is InChI=1S/C36H60O2Si2/c1-15-28-17-18-31(37-40(25(3)4,26(5)6)27(7)8)24-30(28)23-29-21-22-36(12)33(32(29)16-2)19-20-34(36)38-39(13,14)35(9,10)11/h15-18,24-27,33-34H,1-2,19-23H2,3-14H3/t33-,34-,36-/m0/s1. The number of allylic oxidation sites excluding steroid dienone is 3. The van der Waals surface area contributed by atoms with Crippen molar-refractivity contribution in [3.63, 3.8) is 0 Å². The molecule has 1 aromatic carbocycles. The molecule has 0 radical (unpaired) electrons. The van der Waals surface area contributed by atoms with Crippen molar-refractivity contribution in [3.8, 4) is 5.75 Å². The van der Waals surface area contributed by atoms with Gasteiger partial charge in [-0.1, -0.05) is 106 Å². The monoisotopic (exact) mass is 580 g/mol. The van der Waals surface area contributed by atoms with Gasteiger partial charge in [0.25, 0.3) is 8.32 Å². The molecule has 2 nitrogen and oxygen atoms in total. The molecule has 0 aliphatic heterocycles. The van der Waals surface area contributed by atoms with Crippen LogP contribution in [-0.4, -0.2) is 22.7 Å². The minimum atomic E-state index is -2.02. The Morgan fingerprint density at radius 3 is 2.08 bits per heavy atom. The van der Waals surface area contributed by atoms with Crippen molar-refractivity contribution in [1.29, 1.82) is 0 Å². The number of hydrogen-bond acceptors (Lipinski definition) is 2. The summed E-state index contributed by atoms with van der Waals surface area (Å²) in [5.74, 6) is 1.56. The predicted octanol–water partition coefficient (Wildman–Crippen LogP) is 11.5. The molecule has 4 heteroatoms. The molecule has 224 valence electrons. The lowest BCUT2D eigenvalue weighted by Crippen LogP contribution is -2.50. The Labute approximate surface area is 250 Å². The van der Waals surface area contributed by atoms with Gasteiger partial charge in [-0.3, -0.25) is 0 Å². The van der Waals surface area contributed by atoms with E-state index in [9.17, 15) is 0 Å². The van der Waals surface area contributed by atoms with Crippen LogP contribution in [0.1, 0.15) is 106 Å². The smallest absolute Gasteiger partial charge is 0.258 e. The van der Waals surface area contributed by atoms with E-state index in [2.05, 4.69) is 120 Å². The van der Waals surface area contributed by atoms with Gasteiger partial charge in [0, 0.05) is 0 Å². The molecule has 3 atom stereocenters. The summed E-state index contributed by atoms with van der Waals surface area (Å²) in [6, 6.07) is 6.72. The van der Waals surface area contributed by atoms with Crippen LogP contribution in [-0.2, 0) is 10.8 Å². The first kappa shape index (κ1) is 33.1. The number of benzene rings is 1. The highest BCUT2D eigenvalue weighted by Crippen LogP contribution is 2.57. The first-order valence-electron chi connectivity index (χ1n) is 15.9. The van der Waals surface area contributed by atoms with E-state index in [4.69, 9.17) is 8.85 Å². The van der Waals surface area contributed by atoms with Gasteiger partial charge in [0.05, 0.1) is 6.10 Å². The highest BCUT2D eigenvalue weighted by atomic mass is 28.4. The van der Waals surface area contributed by atoms with Crippen molar-refractivity contribution in [3.05, 3.63) is 59.7 Å². The van der Waals surface area contributed by atoms with Crippen LogP contribution < -0.4 is 4.43 Å². The highest BCUT2D eigenvalue weighted by Gasteiger charge is 2.53. The average Bonchev–Trinajstić information content (AvgIpc) is 3.16. The lowest BCUT2D eigenvalue weighted by molar-refractivity contribution is 0.0458. The maximum absolute atomic E-state index is 7.10. The molecule has 0 spiro atoms. The zero-order valence-corrected chi connectivity index (χ0v) is 30.0. The topological polar surface area (TPSA) is 18.5 Å². The molecule has 3 rings (SSSR count). The fraction of sp³-hybridized carbons (Fsp3) is 0.667. The molecule has 0 unspecified atom stereocenters. The van der Waals surface area contributed by atoms with Crippen LogP contribution in [0.4, 0.5) is 0 Å². The summed E-state index contributed by atoms with van der Waals surface area (Å²) in [5.41, 5.74) is 7.40. The summed E-state index contributed by atoms with van der Waals surface area (Å²) in [5, 5.41) is 0.230. The molecule has 0 N–H and O–H groups in total. The van der Waals surface area contributed by atoms with Gasteiger partial charge in [-0.25, -0.2) is 0 Å². The SMILES string of the molecule is C=CC1=C(Cc2cc(O[Si](C(C)C)(C(C)C)C(C)C)ccc2C=C)CC[C@]2(C)[C@@H](O[Si](C)(C)C(C)(C)C)CC[C@@H]12. The Kier molecular flexibility index (Phi) is 10.0. The molecular weight excluding hydrogens is 521 g/mol. The van der Waals surface area contributed by atoms with Gasteiger partial charge in [-0.15, -0.1) is 0 Å². The van der Waals surface area contributed by atoms with E-state index < -0.39 is 16.6 Å². The number of fused-ring (bicyclic) bond motifs is 1. The molecule has 2 aliphatic rings. The molecule has 1 fully saturated rings. The van der Waals surface area contributed by atoms with Crippen molar-refractivity contribution in [2.75, 3.05) is 0 Å². The maximum Gasteiger partial charge on any atom is 0.258 e. The molecule has 0 saturated heterocycles. The minimum absolute atomic E-state index is 0.186. The van der Waals surface area contributed by atoms with E-state index >= 15 is 0 Å². The van der Waals surface area contributed by atoms with Crippen LogP contribution in [0.25, 0.3) is 6.08 Å². The summed E-state index contributed by atoms with van der Waals surface area (Å²) < 4.78 is 14.2. The van der Waals surface area contributed by atoms with Crippen LogP contribution >= 0.6 is 0 Å². The van der Waals surface area contributed by atoms with Gasteiger partial charge in [-0.2, -0.15) is 0 Å². The Balaban J connectivity index is 1.95. The summed E-state index contributed by atoms with van der Waals surface area (Å²) in [6.45, 7) is 37.0. The molecule has 1 aromatic rings. The predicted molar refractivity (Wildman–Crippen MR) is 181 cm³/mol. The zero-order valence-electron chi connectivity index (χ0n) is 28.0. The van der Waals surface area contributed by atoms with Gasteiger partial charge in [0.1, 0.15) is 5.75 Å². The van der Waals surface area contributed by atoms with Crippen LogP contribution in [0.2, 0.25) is 34.8 Å². The van der Waals surface area contributed by atoms with Gasteiger partial charge < -0.3 is 8.85 Å². The summed E-state index contributed by atoms with van der Waals surface area (Å²) in [7, 11) is -3.85. The van der Waals surface area contributed by atoms with Gasteiger partial charge in [0.15, 0.2) is 8.32 Å². The van der Waals surface area contributed by atoms with Crippen molar-refractivity contribution < 1.29 is 8.85 Å². The fourth-order valence-corrected chi connectivity index (χ4v) is 14.5. The second-order valence-electron chi connectivity index (χ2n) is 15.4. The quantitative estimate of drug-likeness (QED) is 0.242. The van der Waals surface area contributed by atoms with E-state index in [0.29, 0.717) is 28.6 Å². The third-order valence-electron chi connectivity index (χ3n) is 11.2. The maximum atomic E-state index is 7.10. The molecule has 2 aliphatic carbocycles. The van der Waals surface area contributed by atoms with Crippen LogP contribution in [0, 0.1) is 11.3 Å². The van der Waals surface area contributed by atoms with Crippen molar-refractivity contribution in [1.82, 2.24) is 0 Å². The Hall–Kier alpha value is -1.37. The minimum Gasteiger partial charge on any atom is -0.543 e. The third kappa shape index (κ3) is 6.06. The van der Waals surface area contributed by atoms with Gasteiger partial charge in [-0.05, 0) is 107 Å². The largest absolute Gasteiger partial charge is 0.543 e. The Morgan fingerprint density at radius 1 is 0.975 bits per heavy atom. The van der Waals surface area contributed by atoms with Crippen LogP contribution in [0.15, 0.2) is 48.6 Å². The second kappa shape index (κ2) is 12.1. The van der Waals surface area contributed by atoms with Gasteiger partial charge >= 0.3 is 0 Å². The summed E-state index contributed by atoms with van der Waals surface area (Å²) in [6.07, 6.45) is 10.1. The van der Waals surface area contributed by atoms with E-state index in [0.717, 1.165) is 25.0 Å². The second-order valence-corrected chi connectivity index (χ2v) is 25.6. The normalized spacial score (nSPS) is 24.2. The molecule has 0 bridgehead atoms. The number of rotatable bonds is 11. The molecule has 1 saturated carbocycles. The van der Waals surface area contributed by atoms with Crippen LogP contribution in [0.3, 0.4) is 0 Å². The van der Waals surface area contributed by atoms with E-state index in [1.807, 2.05) is 6.08 Å². The molecule has 40 heavy (non-hydrogen) atoms.